The zero-order valence-corrected chi connectivity index (χ0v) is 25.1. The standard InChI is InChI=1S/C33H64O4/c1-3-5-7-9-11-13-15-17-19-21-23-25-30-36-32(34)28-27-29-33(35)37-31-26-24-22-20-18-16-14-12-10-8-6-4-2/h3-31H2,1-2H3. The van der Waals surface area contributed by atoms with Crippen molar-refractivity contribution in [3.63, 3.8) is 0 Å². The minimum atomic E-state index is -0.183. The second kappa shape index (κ2) is 31.2. The second-order valence-electron chi connectivity index (χ2n) is 11.1. The Bertz CT molecular complexity index is 435. The van der Waals surface area contributed by atoms with Crippen molar-refractivity contribution in [2.45, 2.75) is 187 Å². The summed E-state index contributed by atoms with van der Waals surface area (Å²) in [5.41, 5.74) is 0. The molecule has 0 atom stereocenters. The molecule has 0 bridgehead atoms. The molecule has 0 unspecified atom stereocenters. The third kappa shape index (κ3) is 31.1. The lowest BCUT2D eigenvalue weighted by Gasteiger charge is -2.06. The first kappa shape index (κ1) is 35.9. The molecule has 4 nitrogen and oxygen atoms in total. The SMILES string of the molecule is CCCCCCCCCCCCCCOC(=O)CCCC(=O)OCCCCCCCCCCCCCC. The van der Waals surface area contributed by atoms with Gasteiger partial charge in [-0.05, 0) is 19.3 Å². The highest BCUT2D eigenvalue weighted by Gasteiger charge is 2.07. The number of unbranched alkanes of at least 4 members (excludes halogenated alkanes) is 22. The fourth-order valence-corrected chi connectivity index (χ4v) is 4.78. The lowest BCUT2D eigenvalue weighted by atomic mass is 10.1. The van der Waals surface area contributed by atoms with Crippen LogP contribution >= 0.6 is 0 Å². The van der Waals surface area contributed by atoms with E-state index in [9.17, 15) is 9.59 Å². The molecule has 37 heavy (non-hydrogen) atoms. The van der Waals surface area contributed by atoms with Gasteiger partial charge in [-0.15, -0.1) is 0 Å². The molecule has 0 spiro atoms. The van der Waals surface area contributed by atoms with Gasteiger partial charge in [-0.1, -0.05) is 155 Å². The number of ether oxygens (including phenoxy) is 2. The maximum Gasteiger partial charge on any atom is 0.305 e. The molecule has 0 heterocycles. The second-order valence-corrected chi connectivity index (χ2v) is 11.1. The minimum absolute atomic E-state index is 0.183. The topological polar surface area (TPSA) is 52.6 Å². The maximum absolute atomic E-state index is 11.8. The summed E-state index contributed by atoms with van der Waals surface area (Å²) in [6.45, 7) is 5.56. The van der Waals surface area contributed by atoms with Crippen molar-refractivity contribution in [3.8, 4) is 0 Å². The van der Waals surface area contributed by atoms with Crippen LogP contribution in [-0.4, -0.2) is 25.2 Å². The van der Waals surface area contributed by atoms with Gasteiger partial charge >= 0.3 is 11.9 Å². The minimum Gasteiger partial charge on any atom is -0.466 e. The van der Waals surface area contributed by atoms with Crippen LogP contribution in [0.4, 0.5) is 0 Å². The number of rotatable bonds is 30. The summed E-state index contributed by atoms with van der Waals surface area (Å²) in [6, 6.07) is 0. The van der Waals surface area contributed by atoms with Crippen molar-refractivity contribution in [1.29, 1.82) is 0 Å². The van der Waals surface area contributed by atoms with E-state index >= 15 is 0 Å². The van der Waals surface area contributed by atoms with Gasteiger partial charge in [-0.3, -0.25) is 9.59 Å². The highest BCUT2D eigenvalue weighted by atomic mass is 16.5. The molecule has 0 aromatic rings. The van der Waals surface area contributed by atoms with Crippen LogP contribution in [0, 0.1) is 0 Å². The van der Waals surface area contributed by atoms with Crippen LogP contribution in [0.1, 0.15) is 187 Å². The van der Waals surface area contributed by atoms with Crippen molar-refractivity contribution in [2.75, 3.05) is 13.2 Å². The summed E-state index contributed by atoms with van der Waals surface area (Å²) >= 11 is 0. The molecule has 0 amide bonds. The molecule has 0 radical (unpaired) electrons. The Morgan fingerprint density at radius 3 is 0.865 bits per heavy atom. The summed E-state index contributed by atoms with van der Waals surface area (Å²) < 4.78 is 10.6. The summed E-state index contributed by atoms with van der Waals surface area (Å²) in [7, 11) is 0. The molecule has 0 aliphatic carbocycles. The van der Waals surface area contributed by atoms with Gasteiger partial charge in [0.25, 0.3) is 0 Å². The molecular weight excluding hydrogens is 460 g/mol. The van der Waals surface area contributed by atoms with E-state index in [4.69, 9.17) is 9.47 Å². The van der Waals surface area contributed by atoms with Crippen molar-refractivity contribution in [1.82, 2.24) is 0 Å². The molecule has 0 saturated carbocycles. The van der Waals surface area contributed by atoms with Crippen molar-refractivity contribution in [2.24, 2.45) is 0 Å². The predicted octanol–water partition coefficient (Wildman–Crippen LogP) is 10.6. The zero-order chi connectivity index (χ0) is 27.1. The van der Waals surface area contributed by atoms with Gasteiger partial charge in [0.15, 0.2) is 0 Å². The molecule has 0 N–H and O–H groups in total. The van der Waals surface area contributed by atoms with E-state index in [0.29, 0.717) is 32.5 Å². The molecule has 0 fully saturated rings. The number of carbonyl (C=O) groups is 2. The van der Waals surface area contributed by atoms with E-state index in [1.807, 2.05) is 0 Å². The van der Waals surface area contributed by atoms with E-state index in [2.05, 4.69) is 13.8 Å². The molecule has 4 heteroatoms. The smallest absolute Gasteiger partial charge is 0.305 e. The van der Waals surface area contributed by atoms with Crippen molar-refractivity contribution >= 4 is 11.9 Å². The Kier molecular flexibility index (Phi) is 30.3. The highest BCUT2D eigenvalue weighted by Crippen LogP contribution is 2.13. The Balaban J connectivity index is 3.27. The zero-order valence-electron chi connectivity index (χ0n) is 25.1. The Morgan fingerprint density at radius 2 is 0.595 bits per heavy atom. The molecule has 0 aliphatic heterocycles. The van der Waals surface area contributed by atoms with Crippen LogP contribution < -0.4 is 0 Å². The summed E-state index contributed by atoms with van der Waals surface area (Å²) in [5.74, 6) is -0.367. The van der Waals surface area contributed by atoms with Crippen LogP contribution in [-0.2, 0) is 19.1 Å². The van der Waals surface area contributed by atoms with Gasteiger partial charge in [-0.2, -0.15) is 0 Å². The fraction of sp³-hybridized carbons (Fsp3) is 0.939. The first-order valence-corrected chi connectivity index (χ1v) is 16.5. The Morgan fingerprint density at radius 1 is 0.351 bits per heavy atom. The Hall–Kier alpha value is -1.06. The van der Waals surface area contributed by atoms with E-state index in [1.54, 1.807) is 0 Å². The van der Waals surface area contributed by atoms with E-state index in [-0.39, 0.29) is 11.9 Å². The molecule has 0 aromatic heterocycles. The lowest BCUT2D eigenvalue weighted by Crippen LogP contribution is -2.09. The van der Waals surface area contributed by atoms with Crippen molar-refractivity contribution < 1.29 is 19.1 Å². The average Bonchev–Trinajstić information content (AvgIpc) is 2.89. The third-order valence-electron chi connectivity index (χ3n) is 7.28. The predicted molar refractivity (Wildman–Crippen MR) is 158 cm³/mol. The molecular formula is C33H64O4. The van der Waals surface area contributed by atoms with E-state index in [1.165, 1.54) is 128 Å². The van der Waals surface area contributed by atoms with Gasteiger partial charge in [0, 0.05) is 12.8 Å². The fourth-order valence-electron chi connectivity index (χ4n) is 4.78. The molecule has 0 aromatic carbocycles. The van der Waals surface area contributed by atoms with Gasteiger partial charge in [0.2, 0.25) is 0 Å². The molecule has 220 valence electrons. The largest absolute Gasteiger partial charge is 0.466 e. The monoisotopic (exact) mass is 524 g/mol. The average molecular weight is 525 g/mol. The van der Waals surface area contributed by atoms with Crippen LogP contribution in [0.2, 0.25) is 0 Å². The van der Waals surface area contributed by atoms with Crippen LogP contribution in [0.15, 0.2) is 0 Å². The summed E-state index contributed by atoms with van der Waals surface area (Å²) in [6.07, 6.45) is 32.4. The summed E-state index contributed by atoms with van der Waals surface area (Å²) in [5, 5.41) is 0. The summed E-state index contributed by atoms with van der Waals surface area (Å²) in [4.78, 5) is 23.7. The van der Waals surface area contributed by atoms with Gasteiger partial charge in [-0.25, -0.2) is 0 Å². The van der Waals surface area contributed by atoms with Gasteiger partial charge < -0.3 is 9.47 Å². The van der Waals surface area contributed by atoms with Crippen LogP contribution in [0.5, 0.6) is 0 Å². The van der Waals surface area contributed by atoms with Gasteiger partial charge in [0.1, 0.15) is 0 Å². The highest BCUT2D eigenvalue weighted by molar-refractivity contribution is 5.72. The third-order valence-corrected chi connectivity index (χ3v) is 7.28. The van der Waals surface area contributed by atoms with E-state index in [0.717, 1.165) is 25.7 Å². The first-order chi connectivity index (χ1) is 18.2. The number of hydrogen-bond acceptors (Lipinski definition) is 4. The maximum atomic E-state index is 11.8. The first-order valence-electron chi connectivity index (χ1n) is 16.5. The number of carbonyl (C=O) groups excluding carboxylic acids is 2. The van der Waals surface area contributed by atoms with Gasteiger partial charge in [0.05, 0.1) is 13.2 Å². The molecule has 0 rings (SSSR count). The Labute approximate surface area is 231 Å². The molecule has 0 aliphatic rings. The van der Waals surface area contributed by atoms with E-state index < -0.39 is 0 Å². The number of hydrogen-bond donors (Lipinski definition) is 0. The number of esters is 2. The lowest BCUT2D eigenvalue weighted by molar-refractivity contribution is -0.145. The van der Waals surface area contributed by atoms with Crippen LogP contribution in [0.25, 0.3) is 0 Å². The van der Waals surface area contributed by atoms with Crippen LogP contribution in [0.3, 0.4) is 0 Å². The molecule has 0 saturated heterocycles. The quantitative estimate of drug-likeness (QED) is 0.0692. The normalized spacial score (nSPS) is 11.1. The van der Waals surface area contributed by atoms with Crippen molar-refractivity contribution in [3.05, 3.63) is 0 Å².